The predicted molar refractivity (Wildman–Crippen MR) is 105 cm³/mol. The summed E-state index contributed by atoms with van der Waals surface area (Å²) in [7, 11) is 0. The molecule has 0 saturated heterocycles. The second-order valence-corrected chi connectivity index (χ2v) is 6.71. The van der Waals surface area contributed by atoms with E-state index in [4.69, 9.17) is 4.74 Å². The van der Waals surface area contributed by atoms with E-state index in [0.29, 0.717) is 12.4 Å². The third-order valence-corrected chi connectivity index (χ3v) is 4.54. The summed E-state index contributed by atoms with van der Waals surface area (Å²) in [6.07, 6.45) is 9.46. The molecule has 0 saturated carbocycles. The highest BCUT2D eigenvalue weighted by molar-refractivity contribution is 5.64. The van der Waals surface area contributed by atoms with Gasteiger partial charge in [0.15, 0.2) is 11.6 Å². The van der Waals surface area contributed by atoms with Crippen molar-refractivity contribution in [1.82, 2.24) is 0 Å². The summed E-state index contributed by atoms with van der Waals surface area (Å²) in [5.74, 6) is 0.0741. The fourth-order valence-electron chi connectivity index (χ4n) is 2.95. The van der Waals surface area contributed by atoms with Gasteiger partial charge >= 0.3 is 0 Å². The molecule has 2 aromatic carbocycles. The lowest BCUT2D eigenvalue weighted by Crippen LogP contribution is -1.99. The minimum absolute atomic E-state index is 0.280. The minimum Gasteiger partial charge on any atom is -0.491 e. The van der Waals surface area contributed by atoms with E-state index in [1.807, 2.05) is 6.07 Å². The summed E-state index contributed by atoms with van der Waals surface area (Å²) in [6.45, 7) is 4.96. The number of rotatable bonds is 11. The zero-order chi connectivity index (χ0) is 17.9. The van der Waals surface area contributed by atoms with Crippen molar-refractivity contribution in [3.05, 3.63) is 53.8 Å². The van der Waals surface area contributed by atoms with Gasteiger partial charge in [-0.2, -0.15) is 0 Å². The van der Waals surface area contributed by atoms with Crippen LogP contribution in [0.1, 0.15) is 64.4 Å². The molecule has 2 aromatic rings. The smallest absolute Gasteiger partial charge is 0.165 e. The summed E-state index contributed by atoms with van der Waals surface area (Å²) in [5.41, 5.74) is 3.31. The van der Waals surface area contributed by atoms with E-state index in [1.54, 1.807) is 12.1 Å². The molecule has 25 heavy (non-hydrogen) atoms. The van der Waals surface area contributed by atoms with E-state index in [9.17, 15) is 4.39 Å². The molecular formula is C23H31FO. The number of unbranched alkanes of at least 4 members (excludes halogenated alkanes) is 5. The molecule has 0 bridgehead atoms. The van der Waals surface area contributed by atoms with Crippen LogP contribution in [0.2, 0.25) is 0 Å². The van der Waals surface area contributed by atoms with E-state index in [-0.39, 0.29) is 5.82 Å². The summed E-state index contributed by atoms with van der Waals surface area (Å²) >= 11 is 0. The van der Waals surface area contributed by atoms with Crippen molar-refractivity contribution in [3.8, 4) is 16.9 Å². The van der Waals surface area contributed by atoms with Crippen molar-refractivity contribution in [2.75, 3.05) is 6.61 Å². The maximum Gasteiger partial charge on any atom is 0.165 e. The van der Waals surface area contributed by atoms with Crippen LogP contribution in [0.5, 0.6) is 5.75 Å². The van der Waals surface area contributed by atoms with Crippen molar-refractivity contribution in [2.24, 2.45) is 0 Å². The minimum atomic E-state index is -0.280. The Kier molecular flexibility index (Phi) is 8.51. The third kappa shape index (κ3) is 6.53. The number of hydrogen-bond acceptors (Lipinski definition) is 1. The van der Waals surface area contributed by atoms with Gasteiger partial charge in [-0.3, -0.25) is 0 Å². The van der Waals surface area contributed by atoms with Gasteiger partial charge in [0.05, 0.1) is 6.61 Å². The monoisotopic (exact) mass is 342 g/mol. The Morgan fingerprint density at radius 1 is 0.760 bits per heavy atom. The molecule has 0 fully saturated rings. The van der Waals surface area contributed by atoms with Gasteiger partial charge in [-0.25, -0.2) is 4.39 Å². The Balaban J connectivity index is 1.93. The van der Waals surface area contributed by atoms with Crippen LogP contribution in [0.3, 0.4) is 0 Å². The Morgan fingerprint density at radius 2 is 1.44 bits per heavy atom. The Bertz CT molecular complexity index is 618. The molecule has 2 heteroatoms. The van der Waals surface area contributed by atoms with Crippen molar-refractivity contribution in [2.45, 2.75) is 65.2 Å². The largest absolute Gasteiger partial charge is 0.491 e. The first-order chi connectivity index (χ1) is 12.2. The maximum atomic E-state index is 14.2. The third-order valence-electron chi connectivity index (χ3n) is 4.54. The first-order valence-corrected chi connectivity index (χ1v) is 9.76. The van der Waals surface area contributed by atoms with E-state index in [2.05, 4.69) is 38.1 Å². The Labute approximate surface area is 152 Å². The molecule has 0 aliphatic carbocycles. The average molecular weight is 342 g/mol. The van der Waals surface area contributed by atoms with Crippen LogP contribution < -0.4 is 4.74 Å². The Hall–Kier alpha value is -1.83. The molecule has 0 unspecified atom stereocenters. The summed E-state index contributed by atoms with van der Waals surface area (Å²) in [5, 5.41) is 0. The molecule has 0 N–H and O–H groups in total. The topological polar surface area (TPSA) is 9.23 Å². The number of hydrogen-bond donors (Lipinski definition) is 0. The van der Waals surface area contributed by atoms with E-state index >= 15 is 0 Å². The SMILES string of the molecule is CCCCCCc1ccc(-c2ccc(OCCCCC)c(F)c2)cc1. The molecule has 136 valence electrons. The molecule has 0 atom stereocenters. The fraction of sp³-hybridized carbons (Fsp3) is 0.478. The number of aryl methyl sites for hydroxylation is 1. The van der Waals surface area contributed by atoms with Crippen LogP contribution in [0.15, 0.2) is 42.5 Å². The number of benzene rings is 2. The summed E-state index contributed by atoms with van der Waals surface area (Å²) in [6, 6.07) is 13.8. The van der Waals surface area contributed by atoms with E-state index in [1.165, 1.54) is 31.2 Å². The molecule has 0 spiro atoms. The van der Waals surface area contributed by atoms with Crippen LogP contribution in [-0.2, 0) is 6.42 Å². The van der Waals surface area contributed by atoms with Gasteiger partial charge < -0.3 is 4.74 Å². The van der Waals surface area contributed by atoms with Gasteiger partial charge in [-0.1, -0.05) is 76.3 Å². The van der Waals surface area contributed by atoms with E-state index < -0.39 is 0 Å². The van der Waals surface area contributed by atoms with Gasteiger partial charge in [-0.05, 0) is 48.1 Å². The molecular weight excluding hydrogens is 311 g/mol. The molecule has 0 heterocycles. The molecule has 0 radical (unpaired) electrons. The molecule has 2 rings (SSSR count). The molecule has 0 aliphatic heterocycles. The van der Waals surface area contributed by atoms with E-state index in [0.717, 1.165) is 36.8 Å². The lowest BCUT2D eigenvalue weighted by molar-refractivity contribution is 0.291. The number of ether oxygens (including phenoxy) is 1. The molecule has 0 aromatic heterocycles. The van der Waals surface area contributed by atoms with Crippen molar-refractivity contribution >= 4 is 0 Å². The van der Waals surface area contributed by atoms with Crippen LogP contribution in [0.4, 0.5) is 4.39 Å². The normalized spacial score (nSPS) is 10.8. The highest BCUT2D eigenvalue weighted by Gasteiger charge is 2.06. The zero-order valence-corrected chi connectivity index (χ0v) is 15.7. The highest BCUT2D eigenvalue weighted by atomic mass is 19.1. The summed E-state index contributed by atoms with van der Waals surface area (Å²) < 4.78 is 19.8. The zero-order valence-electron chi connectivity index (χ0n) is 15.7. The van der Waals surface area contributed by atoms with Crippen LogP contribution in [-0.4, -0.2) is 6.61 Å². The van der Waals surface area contributed by atoms with Gasteiger partial charge in [-0.15, -0.1) is 0 Å². The van der Waals surface area contributed by atoms with Crippen molar-refractivity contribution in [3.63, 3.8) is 0 Å². The molecule has 0 amide bonds. The highest BCUT2D eigenvalue weighted by Crippen LogP contribution is 2.26. The first kappa shape index (κ1) is 19.5. The van der Waals surface area contributed by atoms with Crippen molar-refractivity contribution in [1.29, 1.82) is 0 Å². The quantitative estimate of drug-likeness (QED) is 0.393. The van der Waals surface area contributed by atoms with Gasteiger partial charge in [0, 0.05) is 0 Å². The summed E-state index contributed by atoms with van der Waals surface area (Å²) in [4.78, 5) is 0. The second-order valence-electron chi connectivity index (χ2n) is 6.71. The fourth-order valence-corrected chi connectivity index (χ4v) is 2.95. The average Bonchev–Trinajstić information content (AvgIpc) is 2.64. The van der Waals surface area contributed by atoms with Gasteiger partial charge in [0.1, 0.15) is 0 Å². The number of halogens is 1. The second kappa shape index (κ2) is 10.9. The van der Waals surface area contributed by atoms with Gasteiger partial charge in [0.25, 0.3) is 0 Å². The van der Waals surface area contributed by atoms with Crippen LogP contribution in [0.25, 0.3) is 11.1 Å². The molecule has 0 aliphatic rings. The lowest BCUT2D eigenvalue weighted by atomic mass is 10.0. The standard InChI is InChI=1S/C23H31FO/c1-3-5-7-8-10-19-11-13-20(14-12-19)21-15-16-23(22(24)18-21)25-17-9-6-4-2/h11-16,18H,3-10,17H2,1-2H3. The maximum absolute atomic E-state index is 14.2. The van der Waals surface area contributed by atoms with Crippen molar-refractivity contribution < 1.29 is 9.13 Å². The first-order valence-electron chi connectivity index (χ1n) is 9.76. The van der Waals surface area contributed by atoms with Gasteiger partial charge in [0.2, 0.25) is 0 Å². The molecule has 1 nitrogen and oxygen atoms in total. The predicted octanol–water partition coefficient (Wildman–Crippen LogP) is 7.18. The Morgan fingerprint density at radius 3 is 2.12 bits per heavy atom. The van der Waals surface area contributed by atoms with Crippen LogP contribution in [0, 0.1) is 5.82 Å². The van der Waals surface area contributed by atoms with Crippen LogP contribution >= 0.6 is 0 Å². The lowest BCUT2D eigenvalue weighted by Gasteiger charge is -2.09.